The maximum absolute atomic E-state index is 12.8. The number of aliphatic hydroxyl groups is 2. The van der Waals surface area contributed by atoms with Gasteiger partial charge in [-0.25, -0.2) is 4.57 Å². The summed E-state index contributed by atoms with van der Waals surface area (Å²) < 4.78 is 22.1. The van der Waals surface area contributed by atoms with Crippen LogP contribution in [0.5, 0.6) is 0 Å². The van der Waals surface area contributed by atoms with Crippen LogP contribution in [0.25, 0.3) is 0 Å². The summed E-state index contributed by atoms with van der Waals surface area (Å²) >= 11 is 0. The molecule has 0 heterocycles. The van der Waals surface area contributed by atoms with Gasteiger partial charge in [-0.1, -0.05) is 211 Å². The van der Waals surface area contributed by atoms with Crippen LogP contribution in [0.2, 0.25) is 0 Å². The monoisotopic (exact) mass is 841 g/mol. The van der Waals surface area contributed by atoms with Gasteiger partial charge in [0.15, 0.2) is 0 Å². The molecule has 0 spiro atoms. The Kier molecular flexibility index (Phi) is 42.8. The molecule has 0 aromatic rings. The minimum Gasteiger partial charge on any atom is -0.393 e. The number of hydrogen-bond acceptors (Lipinski definition) is 7. The van der Waals surface area contributed by atoms with E-state index in [0.29, 0.717) is 12.8 Å². The molecule has 0 aliphatic rings. The lowest BCUT2D eigenvalue weighted by molar-refractivity contribution is -0.124. The molecule has 342 valence electrons. The van der Waals surface area contributed by atoms with Crippen molar-refractivity contribution >= 4 is 13.7 Å². The number of amides is 1. The van der Waals surface area contributed by atoms with Crippen molar-refractivity contribution in [1.82, 2.24) is 5.32 Å². The van der Waals surface area contributed by atoms with Gasteiger partial charge in [-0.05, 0) is 44.9 Å². The van der Waals surface area contributed by atoms with E-state index >= 15 is 0 Å². The molecule has 0 aromatic heterocycles. The summed E-state index contributed by atoms with van der Waals surface area (Å²) in [7, 11) is -4.41. The molecule has 0 aliphatic heterocycles. The van der Waals surface area contributed by atoms with E-state index in [1.165, 1.54) is 148 Å². The van der Waals surface area contributed by atoms with Crippen molar-refractivity contribution in [2.75, 3.05) is 19.8 Å². The SMILES string of the molecule is CCCCCCCCC/C=C/CC/C=C/CC/C=C/C(O)C(COP(=O)(O)OCCN)NC(=O)CC(O)CCCCCCCCCCCCCCCCCCCCC. The largest absolute Gasteiger partial charge is 0.472 e. The van der Waals surface area contributed by atoms with E-state index in [4.69, 9.17) is 14.8 Å². The summed E-state index contributed by atoms with van der Waals surface area (Å²) in [4.78, 5) is 22.8. The number of rotatable bonds is 45. The highest BCUT2D eigenvalue weighted by molar-refractivity contribution is 7.47. The fraction of sp³-hybridized carbons (Fsp3) is 0.854. The molecule has 0 radical (unpaired) electrons. The summed E-state index contributed by atoms with van der Waals surface area (Å²) in [5.74, 6) is -0.457. The predicted octanol–water partition coefficient (Wildman–Crippen LogP) is 12.9. The van der Waals surface area contributed by atoms with Gasteiger partial charge in [0.25, 0.3) is 0 Å². The molecule has 58 heavy (non-hydrogen) atoms. The van der Waals surface area contributed by atoms with Crippen LogP contribution in [-0.4, -0.2) is 59.0 Å². The summed E-state index contributed by atoms with van der Waals surface area (Å²) in [6.07, 6.45) is 49.5. The molecule has 0 saturated heterocycles. The standard InChI is InChI=1S/C48H93N2O7P/c1-3-5-7-9-11-13-15-17-19-21-22-24-25-27-29-31-33-35-37-39-45(51)43-48(53)50-46(44-57-58(54,55)56-42-41-49)47(52)40-38-36-34-32-30-28-26-23-20-18-16-14-12-10-8-6-4-2/h20,23,30,32,38,40,45-47,51-52H,3-19,21-22,24-29,31,33-37,39,41-44,49H2,1-2H3,(H,50,53)(H,54,55)/b23-20+,32-30+,40-38+. The van der Waals surface area contributed by atoms with Crippen LogP contribution in [0.15, 0.2) is 36.5 Å². The molecule has 0 fully saturated rings. The molecular formula is C48H93N2O7P. The number of phosphoric ester groups is 1. The fourth-order valence-electron chi connectivity index (χ4n) is 7.09. The van der Waals surface area contributed by atoms with Crippen molar-refractivity contribution in [3.63, 3.8) is 0 Å². The first-order valence-electron chi connectivity index (χ1n) is 24.2. The Hall–Kier alpha value is -1.32. The van der Waals surface area contributed by atoms with Crippen molar-refractivity contribution in [3.05, 3.63) is 36.5 Å². The van der Waals surface area contributed by atoms with Crippen LogP contribution in [0.4, 0.5) is 0 Å². The number of hydrogen-bond donors (Lipinski definition) is 5. The zero-order valence-corrected chi connectivity index (χ0v) is 38.5. The number of nitrogens with one attached hydrogen (secondary N) is 1. The average Bonchev–Trinajstić information content (AvgIpc) is 3.20. The molecule has 6 N–H and O–H groups in total. The van der Waals surface area contributed by atoms with Crippen LogP contribution >= 0.6 is 7.82 Å². The Balaban J connectivity index is 4.28. The highest BCUT2D eigenvalue weighted by Gasteiger charge is 2.27. The molecule has 0 rings (SSSR count). The number of unbranched alkanes of at least 4 members (excludes halogenated alkanes) is 27. The number of aliphatic hydroxyl groups excluding tert-OH is 2. The van der Waals surface area contributed by atoms with E-state index < -0.39 is 38.6 Å². The van der Waals surface area contributed by atoms with Gasteiger partial charge in [-0.15, -0.1) is 0 Å². The van der Waals surface area contributed by atoms with E-state index in [1.807, 2.05) is 6.08 Å². The summed E-state index contributed by atoms with van der Waals surface area (Å²) in [5, 5.41) is 24.1. The average molecular weight is 841 g/mol. The normalized spacial score (nSPS) is 14.8. The highest BCUT2D eigenvalue weighted by atomic mass is 31.2. The van der Waals surface area contributed by atoms with Crippen LogP contribution < -0.4 is 11.1 Å². The Bertz CT molecular complexity index is 1020. The number of allylic oxidation sites excluding steroid dienone is 5. The van der Waals surface area contributed by atoms with Crippen molar-refractivity contribution in [1.29, 1.82) is 0 Å². The van der Waals surface area contributed by atoms with Crippen LogP contribution in [0, 0.1) is 0 Å². The van der Waals surface area contributed by atoms with E-state index in [-0.39, 0.29) is 19.6 Å². The Morgan fingerprint density at radius 2 is 0.983 bits per heavy atom. The van der Waals surface area contributed by atoms with Gasteiger partial charge in [0.2, 0.25) is 5.91 Å². The molecule has 0 aromatic carbocycles. The molecular weight excluding hydrogens is 748 g/mol. The third kappa shape index (κ3) is 41.4. The zero-order chi connectivity index (χ0) is 42.6. The molecule has 10 heteroatoms. The number of nitrogens with two attached hydrogens (primary N) is 1. The second-order valence-corrected chi connectivity index (χ2v) is 18.0. The second kappa shape index (κ2) is 43.8. The maximum atomic E-state index is 12.8. The number of carbonyl (C=O) groups is 1. The quantitative estimate of drug-likeness (QED) is 0.0231. The first-order chi connectivity index (χ1) is 28.3. The van der Waals surface area contributed by atoms with Gasteiger partial charge in [0.05, 0.1) is 37.9 Å². The minimum atomic E-state index is -4.41. The first kappa shape index (κ1) is 56.7. The van der Waals surface area contributed by atoms with Crippen molar-refractivity contribution < 1.29 is 33.5 Å². The topological polar surface area (TPSA) is 151 Å². The fourth-order valence-corrected chi connectivity index (χ4v) is 7.85. The van der Waals surface area contributed by atoms with Crippen molar-refractivity contribution in [3.8, 4) is 0 Å². The summed E-state index contributed by atoms with van der Waals surface area (Å²) in [6, 6.07) is -1.00. The van der Waals surface area contributed by atoms with Gasteiger partial charge >= 0.3 is 7.82 Å². The first-order valence-corrected chi connectivity index (χ1v) is 25.7. The Morgan fingerprint density at radius 3 is 1.43 bits per heavy atom. The van der Waals surface area contributed by atoms with Gasteiger partial charge in [0, 0.05) is 6.54 Å². The van der Waals surface area contributed by atoms with Crippen LogP contribution in [-0.2, 0) is 18.4 Å². The van der Waals surface area contributed by atoms with E-state index in [0.717, 1.165) is 44.9 Å². The van der Waals surface area contributed by atoms with Crippen molar-refractivity contribution in [2.24, 2.45) is 5.73 Å². The lowest BCUT2D eigenvalue weighted by Gasteiger charge is -2.24. The third-order valence-corrected chi connectivity index (χ3v) is 11.7. The summed E-state index contributed by atoms with van der Waals surface area (Å²) in [5.41, 5.74) is 5.37. The molecule has 0 saturated carbocycles. The third-order valence-electron chi connectivity index (χ3n) is 10.8. The molecule has 4 atom stereocenters. The van der Waals surface area contributed by atoms with E-state index in [1.54, 1.807) is 6.08 Å². The van der Waals surface area contributed by atoms with Gasteiger partial charge in [-0.2, -0.15) is 0 Å². The number of phosphoric acid groups is 1. The maximum Gasteiger partial charge on any atom is 0.472 e. The van der Waals surface area contributed by atoms with Gasteiger partial charge < -0.3 is 26.2 Å². The lowest BCUT2D eigenvalue weighted by atomic mass is 10.0. The molecule has 0 aliphatic carbocycles. The molecule has 1 amide bonds. The van der Waals surface area contributed by atoms with Crippen LogP contribution in [0.1, 0.15) is 226 Å². The van der Waals surface area contributed by atoms with Crippen LogP contribution in [0.3, 0.4) is 0 Å². The molecule has 9 nitrogen and oxygen atoms in total. The van der Waals surface area contributed by atoms with E-state index in [9.17, 15) is 24.5 Å². The van der Waals surface area contributed by atoms with Gasteiger partial charge in [0.1, 0.15) is 0 Å². The Labute approximate surface area is 357 Å². The minimum absolute atomic E-state index is 0.0429. The second-order valence-electron chi connectivity index (χ2n) is 16.5. The zero-order valence-electron chi connectivity index (χ0n) is 37.7. The highest BCUT2D eigenvalue weighted by Crippen LogP contribution is 2.43. The van der Waals surface area contributed by atoms with Crippen molar-refractivity contribution in [2.45, 2.75) is 244 Å². The molecule has 0 bridgehead atoms. The Morgan fingerprint density at radius 1 is 0.586 bits per heavy atom. The van der Waals surface area contributed by atoms with E-state index in [2.05, 4.69) is 43.5 Å². The number of carbonyl (C=O) groups excluding carboxylic acids is 1. The smallest absolute Gasteiger partial charge is 0.393 e. The molecule has 4 unspecified atom stereocenters. The lowest BCUT2D eigenvalue weighted by Crippen LogP contribution is -2.46. The predicted molar refractivity (Wildman–Crippen MR) is 246 cm³/mol. The summed E-state index contributed by atoms with van der Waals surface area (Å²) in [6.45, 7) is 3.96. The van der Waals surface area contributed by atoms with Gasteiger partial charge in [-0.3, -0.25) is 13.8 Å².